The Balaban J connectivity index is 1.46. The van der Waals surface area contributed by atoms with Gasteiger partial charge in [-0.2, -0.15) is 0 Å². The minimum atomic E-state index is -0.759. The van der Waals surface area contributed by atoms with Gasteiger partial charge in [-0.15, -0.1) is 11.3 Å². The molecule has 1 aromatic rings. The van der Waals surface area contributed by atoms with Crippen LogP contribution in [0, 0.1) is 0 Å². The number of allylic oxidation sites excluding steroid dienone is 1. The summed E-state index contributed by atoms with van der Waals surface area (Å²) in [7, 11) is 0. The molecule has 1 N–H and O–H groups in total. The minimum absolute atomic E-state index is 0.215. The number of ether oxygens (including phenoxy) is 1. The zero-order chi connectivity index (χ0) is 18.4. The summed E-state index contributed by atoms with van der Waals surface area (Å²) in [6, 6.07) is 1.97. The topological polar surface area (TPSA) is 55.4 Å². The van der Waals surface area contributed by atoms with Crippen molar-refractivity contribution in [3.8, 4) is 0 Å². The summed E-state index contributed by atoms with van der Waals surface area (Å²) in [5, 5.41) is 2.89. The highest BCUT2D eigenvalue weighted by Crippen LogP contribution is 2.29. The lowest BCUT2D eigenvalue weighted by Gasteiger charge is -2.15. The molecule has 0 bridgehead atoms. The fourth-order valence-corrected chi connectivity index (χ4v) is 4.80. The standard InChI is InChI=1S/C21H29NO3S/c1-15(20(23)22-13-12-16-8-4-2-5-9-16)25-21(24)19-14-17-10-6-3-7-11-18(17)26-19/h8,14-15H,2-7,9-13H2,1H3,(H,22,23)/t15-/m1/s1. The SMILES string of the molecule is C[C@@H](OC(=O)c1cc2c(s1)CCCCC2)C(=O)NCCC1=CCCCC1. The second-order valence-electron chi connectivity index (χ2n) is 7.32. The molecule has 1 heterocycles. The molecule has 142 valence electrons. The molecule has 0 unspecified atom stereocenters. The average Bonchev–Trinajstić information content (AvgIpc) is 2.93. The van der Waals surface area contributed by atoms with Gasteiger partial charge in [0.15, 0.2) is 6.10 Å². The summed E-state index contributed by atoms with van der Waals surface area (Å²) in [4.78, 5) is 26.5. The molecule has 3 rings (SSSR count). The van der Waals surface area contributed by atoms with E-state index in [2.05, 4.69) is 11.4 Å². The first kappa shape index (κ1) is 19.2. The Morgan fingerprint density at radius 1 is 1.15 bits per heavy atom. The summed E-state index contributed by atoms with van der Waals surface area (Å²) in [5.74, 6) is -0.589. The highest BCUT2D eigenvalue weighted by Gasteiger charge is 2.22. The van der Waals surface area contributed by atoms with Gasteiger partial charge in [-0.1, -0.05) is 18.1 Å². The predicted octanol–water partition coefficient (Wildman–Crippen LogP) is 4.57. The third-order valence-corrected chi connectivity index (χ3v) is 6.45. The zero-order valence-electron chi connectivity index (χ0n) is 15.6. The number of rotatable bonds is 6. The van der Waals surface area contributed by atoms with Crippen LogP contribution in [0.1, 0.15) is 78.4 Å². The average molecular weight is 376 g/mol. The second-order valence-corrected chi connectivity index (χ2v) is 8.45. The molecule has 0 fully saturated rings. The van der Waals surface area contributed by atoms with Crippen molar-refractivity contribution in [3.05, 3.63) is 33.0 Å². The van der Waals surface area contributed by atoms with Crippen molar-refractivity contribution in [1.82, 2.24) is 5.32 Å². The molecule has 0 radical (unpaired) electrons. The van der Waals surface area contributed by atoms with Gasteiger partial charge < -0.3 is 10.1 Å². The van der Waals surface area contributed by atoms with E-state index in [-0.39, 0.29) is 11.9 Å². The number of amides is 1. The summed E-state index contributed by atoms with van der Waals surface area (Å²) in [6.45, 7) is 2.26. The fourth-order valence-electron chi connectivity index (χ4n) is 3.66. The Bertz CT molecular complexity index is 653. The first-order valence-corrected chi connectivity index (χ1v) is 10.7. The number of fused-ring (bicyclic) bond motifs is 1. The number of hydrogen-bond donors (Lipinski definition) is 1. The smallest absolute Gasteiger partial charge is 0.349 e. The number of esters is 1. The van der Waals surface area contributed by atoms with Crippen LogP contribution in [-0.4, -0.2) is 24.5 Å². The molecule has 1 atom stereocenters. The van der Waals surface area contributed by atoms with E-state index in [1.165, 1.54) is 59.5 Å². The lowest BCUT2D eigenvalue weighted by atomic mass is 9.97. The molecule has 26 heavy (non-hydrogen) atoms. The second kappa shape index (κ2) is 9.36. The molecular weight excluding hydrogens is 346 g/mol. The number of aryl methyl sites for hydroxylation is 2. The minimum Gasteiger partial charge on any atom is -0.448 e. The molecule has 0 saturated carbocycles. The van der Waals surface area contributed by atoms with Crippen LogP contribution in [0.3, 0.4) is 0 Å². The summed E-state index contributed by atoms with van der Waals surface area (Å²) < 4.78 is 5.39. The van der Waals surface area contributed by atoms with Gasteiger partial charge in [0.1, 0.15) is 4.88 Å². The highest BCUT2D eigenvalue weighted by molar-refractivity contribution is 7.14. The quantitative estimate of drug-likeness (QED) is 0.450. The Labute approximate surface area is 160 Å². The summed E-state index contributed by atoms with van der Waals surface area (Å²) >= 11 is 1.53. The van der Waals surface area contributed by atoms with Crippen molar-refractivity contribution in [2.24, 2.45) is 0 Å². The first-order chi connectivity index (χ1) is 12.6. The molecule has 2 aliphatic carbocycles. The van der Waals surface area contributed by atoms with Crippen LogP contribution >= 0.6 is 11.3 Å². The molecule has 0 aromatic carbocycles. The lowest BCUT2D eigenvalue weighted by molar-refractivity contribution is -0.129. The number of thiophene rings is 1. The monoisotopic (exact) mass is 375 g/mol. The summed E-state index contributed by atoms with van der Waals surface area (Å²) in [5.41, 5.74) is 2.72. The molecule has 2 aliphatic rings. The maximum Gasteiger partial charge on any atom is 0.349 e. The Kier molecular flexibility index (Phi) is 6.89. The highest BCUT2D eigenvalue weighted by atomic mass is 32.1. The molecule has 5 heteroatoms. The molecule has 1 amide bonds. The van der Waals surface area contributed by atoms with Crippen molar-refractivity contribution in [2.75, 3.05) is 6.54 Å². The molecule has 4 nitrogen and oxygen atoms in total. The lowest BCUT2D eigenvalue weighted by Crippen LogP contribution is -2.36. The first-order valence-electron chi connectivity index (χ1n) is 9.91. The van der Waals surface area contributed by atoms with Crippen LogP contribution in [0.4, 0.5) is 0 Å². The maximum atomic E-state index is 12.4. The van der Waals surface area contributed by atoms with E-state index in [0.717, 1.165) is 32.1 Å². The fraction of sp³-hybridized carbons (Fsp3) is 0.619. The van der Waals surface area contributed by atoms with Crippen LogP contribution in [0.5, 0.6) is 0 Å². The van der Waals surface area contributed by atoms with Crippen molar-refractivity contribution in [1.29, 1.82) is 0 Å². The van der Waals surface area contributed by atoms with Crippen molar-refractivity contribution < 1.29 is 14.3 Å². The summed E-state index contributed by atoms with van der Waals surface area (Å²) in [6.07, 6.45) is 13.0. The van der Waals surface area contributed by atoms with Crippen LogP contribution < -0.4 is 5.32 Å². The van der Waals surface area contributed by atoms with Gasteiger partial charge in [0.2, 0.25) is 0 Å². The molecule has 0 spiro atoms. The van der Waals surface area contributed by atoms with Crippen LogP contribution in [0.25, 0.3) is 0 Å². The number of carbonyl (C=O) groups excluding carboxylic acids is 2. The van der Waals surface area contributed by atoms with Crippen molar-refractivity contribution >= 4 is 23.2 Å². The predicted molar refractivity (Wildman–Crippen MR) is 105 cm³/mol. The third kappa shape index (κ3) is 5.19. The van der Waals surface area contributed by atoms with Gasteiger partial charge in [-0.25, -0.2) is 4.79 Å². The maximum absolute atomic E-state index is 12.4. The van der Waals surface area contributed by atoms with E-state index in [9.17, 15) is 9.59 Å². The molecule has 1 aromatic heterocycles. The van der Waals surface area contributed by atoms with Gasteiger partial charge in [-0.05, 0) is 76.3 Å². The third-order valence-electron chi connectivity index (χ3n) is 5.23. The molecular formula is C21H29NO3S. The van der Waals surface area contributed by atoms with E-state index < -0.39 is 6.10 Å². The van der Waals surface area contributed by atoms with Gasteiger partial charge in [0.25, 0.3) is 5.91 Å². The Hall–Kier alpha value is -1.62. The largest absolute Gasteiger partial charge is 0.448 e. The van der Waals surface area contributed by atoms with Crippen molar-refractivity contribution in [3.63, 3.8) is 0 Å². The normalized spacial score (nSPS) is 18.3. The van der Waals surface area contributed by atoms with Crippen LogP contribution in [0.2, 0.25) is 0 Å². The number of hydrogen-bond acceptors (Lipinski definition) is 4. The van der Waals surface area contributed by atoms with Crippen LogP contribution in [0.15, 0.2) is 17.7 Å². The molecule has 0 saturated heterocycles. The van der Waals surface area contributed by atoms with E-state index >= 15 is 0 Å². The van der Waals surface area contributed by atoms with Crippen LogP contribution in [-0.2, 0) is 22.4 Å². The molecule has 0 aliphatic heterocycles. The zero-order valence-corrected chi connectivity index (χ0v) is 16.5. The number of carbonyl (C=O) groups is 2. The van der Waals surface area contributed by atoms with E-state index in [1.807, 2.05) is 6.07 Å². The van der Waals surface area contributed by atoms with Crippen molar-refractivity contribution in [2.45, 2.75) is 77.2 Å². The Morgan fingerprint density at radius 3 is 2.77 bits per heavy atom. The van der Waals surface area contributed by atoms with Gasteiger partial charge in [0, 0.05) is 11.4 Å². The van der Waals surface area contributed by atoms with E-state index in [1.54, 1.807) is 6.92 Å². The van der Waals surface area contributed by atoms with E-state index in [4.69, 9.17) is 4.74 Å². The van der Waals surface area contributed by atoms with Gasteiger partial charge >= 0.3 is 5.97 Å². The van der Waals surface area contributed by atoms with E-state index in [0.29, 0.717) is 11.4 Å². The van der Waals surface area contributed by atoms with Gasteiger partial charge in [-0.3, -0.25) is 4.79 Å². The number of nitrogens with one attached hydrogen (secondary N) is 1. The Morgan fingerprint density at radius 2 is 1.96 bits per heavy atom. The van der Waals surface area contributed by atoms with Gasteiger partial charge in [0.05, 0.1) is 0 Å².